The Balaban J connectivity index is 2.19. The van der Waals surface area contributed by atoms with E-state index in [1.54, 1.807) is 13.0 Å². The molecule has 0 bridgehead atoms. The third-order valence-corrected chi connectivity index (χ3v) is 3.74. The van der Waals surface area contributed by atoms with E-state index in [0.29, 0.717) is 17.0 Å². The van der Waals surface area contributed by atoms with Crippen LogP contribution in [-0.2, 0) is 0 Å². The highest BCUT2D eigenvalue weighted by molar-refractivity contribution is 5.27. The van der Waals surface area contributed by atoms with Crippen molar-refractivity contribution in [3.63, 3.8) is 0 Å². The summed E-state index contributed by atoms with van der Waals surface area (Å²) in [6.45, 7) is 1.80. The molecule has 0 saturated heterocycles. The lowest BCUT2D eigenvalue weighted by molar-refractivity contribution is 0.303. The first-order valence-corrected chi connectivity index (χ1v) is 6.20. The molecule has 0 radical (unpaired) electrons. The number of hydrogen-bond donors (Lipinski definition) is 1. The van der Waals surface area contributed by atoms with E-state index in [2.05, 4.69) is 0 Å². The first kappa shape index (κ1) is 11.6. The summed E-state index contributed by atoms with van der Waals surface area (Å²) >= 11 is 0. The maximum absolute atomic E-state index is 13.9. The molecule has 1 aliphatic carbocycles. The van der Waals surface area contributed by atoms with E-state index in [9.17, 15) is 4.39 Å². The lowest BCUT2D eigenvalue weighted by Gasteiger charge is -2.28. The minimum atomic E-state index is -0.125. The predicted octanol–water partition coefficient (Wildman–Crippen LogP) is 3.71. The Morgan fingerprint density at radius 3 is 2.62 bits per heavy atom. The molecule has 1 atom stereocenters. The molecule has 1 aromatic carbocycles. The summed E-state index contributed by atoms with van der Waals surface area (Å²) in [5.41, 5.74) is 7.60. The van der Waals surface area contributed by atoms with Crippen molar-refractivity contribution in [2.24, 2.45) is 11.7 Å². The standard InChI is InChI=1S/C14H20FN/c1-10-6-5-9-12(13(10)15)14(16)11-7-3-2-4-8-11/h5-6,9,11,14H,2-4,7-8,16H2,1H3. The molecule has 2 heteroatoms. The Morgan fingerprint density at radius 1 is 1.25 bits per heavy atom. The molecule has 0 aliphatic heterocycles. The summed E-state index contributed by atoms with van der Waals surface area (Å²) in [6.07, 6.45) is 6.08. The number of benzene rings is 1. The number of nitrogens with two attached hydrogens (primary N) is 1. The Hall–Kier alpha value is -0.890. The van der Waals surface area contributed by atoms with Crippen LogP contribution in [0.25, 0.3) is 0 Å². The van der Waals surface area contributed by atoms with Gasteiger partial charge >= 0.3 is 0 Å². The lowest BCUT2D eigenvalue weighted by Crippen LogP contribution is -2.24. The van der Waals surface area contributed by atoms with Gasteiger partial charge < -0.3 is 5.73 Å². The molecule has 0 amide bonds. The summed E-state index contributed by atoms with van der Waals surface area (Å²) in [5.74, 6) is 0.352. The van der Waals surface area contributed by atoms with Crippen molar-refractivity contribution >= 4 is 0 Å². The van der Waals surface area contributed by atoms with Crippen LogP contribution in [0.1, 0.15) is 49.3 Å². The second-order valence-electron chi connectivity index (χ2n) is 4.90. The van der Waals surface area contributed by atoms with Gasteiger partial charge in [-0.1, -0.05) is 37.5 Å². The second-order valence-corrected chi connectivity index (χ2v) is 4.90. The zero-order valence-electron chi connectivity index (χ0n) is 9.88. The molecule has 1 saturated carbocycles. The topological polar surface area (TPSA) is 26.0 Å². The molecule has 0 heterocycles. The van der Waals surface area contributed by atoms with Crippen molar-refractivity contribution in [2.45, 2.75) is 45.1 Å². The van der Waals surface area contributed by atoms with Crippen LogP contribution in [0.4, 0.5) is 4.39 Å². The minimum Gasteiger partial charge on any atom is -0.324 e. The van der Waals surface area contributed by atoms with Gasteiger partial charge in [-0.05, 0) is 31.2 Å². The predicted molar refractivity (Wildman–Crippen MR) is 64.6 cm³/mol. The van der Waals surface area contributed by atoms with Gasteiger partial charge in [0.1, 0.15) is 5.82 Å². The van der Waals surface area contributed by atoms with Crippen molar-refractivity contribution in [3.05, 3.63) is 35.1 Å². The zero-order chi connectivity index (χ0) is 11.5. The Bertz CT molecular complexity index is 356. The van der Waals surface area contributed by atoms with E-state index < -0.39 is 0 Å². The molecule has 2 rings (SSSR count). The third kappa shape index (κ3) is 2.27. The molecule has 1 unspecified atom stereocenters. The summed E-state index contributed by atoms with van der Waals surface area (Å²) < 4.78 is 13.9. The van der Waals surface area contributed by atoms with Crippen molar-refractivity contribution in [2.75, 3.05) is 0 Å². The monoisotopic (exact) mass is 221 g/mol. The Labute approximate surface area is 96.9 Å². The van der Waals surface area contributed by atoms with Gasteiger partial charge in [-0.2, -0.15) is 0 Å². The molecule has 16 heavy (non-hydrogen) atoms. The van der Waals surface area contributed by atoms with E-state index >= 15 is 0 Å². The van der Waals surface area contributed by atoms with Crippen LogP contribution in [0.3, 0.4) is 0 Å². The molecule has 0 aromatic heterocycles. The van der Waals surface area contributed by atoms with E-state index in [1.165, 1.54) is 19.3 Å². The van der Waals surface area contributed by atoms with E-state index in [1.807, 2.05) is 12.1 Å². The molecule has 1 fully saturated rings. The second kappa shape index (κ2) is 4.96. The van der Waals surface area contributed by atoms with Gasteiger partial charge in [-0.25, -0.2) is 4.39 Å². The molecule has 1 aliphatic rings. The highest BCUT2D eigenvalue weighted by atomic mass is 19.1. The molecule has 0 spiro atoms. The highest BCUT2D eigenvalue weighted by Crippen LogP contribution is 2.34. The minimum absolute atomic E-state index is 0.111. The van der Waals surface area contributed by atoms with Crippen molar-refractivity contribution in [3.8, 4) is 0 Å². The zero-order valence-corrected chi connectivity index (χ0v) is 9.88. The quantitative estimate of drug-likeness (QED) is 0.809. The van der Waals surface area contributed by atoms with Crippen LogP contribution < -0.4 is 5.73 Å². The fraction of sp³-hybridized carbons (Fsp3) is 0.571. The van der Waals surface area contributed by atoms with Crippen LogP contribution in [0.15, 0.2) is 18.2 Å². The number of halogens is 1. The van der Waals surface area contributed by atoms with Crippen LogP contribution >= 0.6 is 0 Å². The molecule has 88 valence electrons. The molecular formula is C14H20FN. The largest absolute Gasteiger partial charge is 0.324 e. The smallest absolute Gasteiger partial charge is 0.130 e. The van der Waals surface area contributed by atoms with Crippen LogP contribution in [0.5, 0.6) is 0 Å². The number of hydrogen-bond acceptors (Lipinski definition) is 1. The van der Waals surface area contributed by atoms with Crippen LogP contribution in [-0.4, -0.2) is 0 Å². The summed E-state index contributed by atoms with van der Waals surface area (Å²) in [5, 5.41) is 0. The Kier molecular flexibility index (Phi) is 3.59. The van der Waals surface area contributed by atoms with E-state index in [4.69, 9.17) is 5.73 Å². The van der Waals surface area contributed by atoms with Gasteiger partial charge in [0.25, 0.3) is 0 Å². The van der Waals surface area contributed by atoms with Crippen molar-refractivity contribution in [1.29, 1.82) is 0 Å². The summed E-state index contributed by atoms with van der Waals surface area (Å²) in [4.78, 5) is 0. The van der Waals surface area contributed by atoms with Gasteiger partial charge in [0.2, 0.25) is 0 Å². The van der Waals surface area contributed by atoms with Gasteiger partial charge in [-0.15, -0.1) is 0 Å². The highest BCUT2D eigenvalue weighted by Gasteiger charge is 2.24. The van der Waals surface area contributed by atoms with Crippen LogP contribution in [0, 0.1) is 18.7 Å². The summed E-state index contributed by atoms with van der Waals surface area (Å²) in [6, 6.07) is 5.41. The molecule has 1 aromatic rings. The number of rotatable bonds is 2. The van der Waals surface area contributed by atoms with Crippen molar-refractivity contribution in [1.82, 2.24) is 0 Å². The average molecular weight is 221 g/mol. The van der Waals surface area contributed by atoms with Crippen molar-refractivity contribution < 1.29 is 4.39 Å². The third-order valence-electron chi connectivity index (χ3n) is 3.74. The van der Waals surface area contributed by atoms with Gasteiger partial charge in [0, 0.05) is 11.6 Å². The van der Waals surface area contributed by atoms with Crippen LogP contribution in [0.2, 0.25) is 0 Å². The van der Waals surface area contributed by atoms with E-state index in [-0.39, 0.29) is 11.9 Å². The normalized spacial score (nSPS) is 19.7. The van der Waals surface area contributed by atoms with Gasteiger partial charge in [0.05, 0.1) is 0 Å². The summed E-state index contributed by atoms with van der Waals surface area (Å²) in [7, 11) is 0. The first-order chi connectivity index (χ1) is 7.70. The fourth-order valence-electron chi connectivity index (χ4n) is 2.67. The molecule has 2 N–H and O–H groups in total. The van der Waals surface area contributed by atoms with Gasteiger partial charge in [0.15, 0.2) is 0 Å². The van der Waals surface area contributed by atoms with Gasteiger partial charge in [-0.3, -0.25) is 0 Å². The maximum atomic E-state index is 13.9. The lowest BCUT2D eigenvalue weighted by atomic mass is 9.81. The van der Waals surface area contributed by atoms with E-state index in [0.717, 1.165) is 12.8 Å². The first-order valence-electron chi connectivity index (χ1n) is 6.20. The number of aryl methyl sites for hydroxylation is 1. The average Bonchev–Trinajstić information content (AvgIpc) is 2.33. The maximum Gasteiger partial charge on any atom is 0.130 e. The SMILES string of the molecule is Cc1cccc(C(N)C2CCCCC2)c1F. The molecular weight excluding hydrogens is 201 g/mol. The Morgan fingerprint density at radius 2 is 1.94 bits per heavy atom. The molecule has 1 nitrogen and oxygen atoms in total. The fourth-order valence-corrected chi connectivity index (χ4v) is 2.67.